The van der Waals surface area contributed by atoms with Crippen molar-refractivity contribution in [3.63, 3.8) is 0 Å². The fourth-order valence-corrected chi connectivity index (χ4v) is 5.03. The first-order chi connectivity index (χ1) is 12.9. The Kier molecular flexibility index (Phi) is 4.12. The Hall–Kier alpha value is -2.92. The Balaban J connectivity index is 2.02. The second kappa shape index (κ2) is 6.35. The number of aryl methyl sites for hydroxylation is 1. The molecule has 1 aliphatic carbocycles. The van der Waals surface area contributed by atoms with Gasteiger partial charge in [-0.15, -0.1) is 0 Å². The van der Waals surface area contributed by atoms with Gasteiger partial charge < -0.3 is 0 Å². The Morgan fingerprint density at radius 1 is 0.963 bits per heavy atom. The third-order valence-corrected chi connectivity index (χ3v) is 6.68. The first-order valence-corrected chi connectivity index (χ1v) is 10.2. The summed E-state index contributed by atoms with van der Waals surface area (Å²) in [5.74, 6) is -0.175. The number of aromatic nitrogens is 1. The van der Waals surface area contributed by atoms with Crippen molar-refractivity contribution in [2.24, 2.45) is 0 Å². The summed E-state index contributed by atoms with van der Waals surface area (Å²) in [6.07, 6.45) is 0.936. The fraction of sp³-hybridized carbons (Fsp3) is 0.136. The van der Waals surface area contributed by atoms with Crippen LogP contribution in [0.1, 0.15) is 28.0 Å². The van der Waals surface area contributed by atoms with E-state index in [0.29, 0.717) is 35.4 Å². The predicted molar refractivity (Wildman–Crippen MR) is 105 cm³/mol. The summed E-state index contributed by atoms with van der Waals surface area (Å²) in [6.45, 7) is 5.74. The van der Waals surface area contributed by atoms with Crippen molar-refractivity contribution in [3.8, 4) is 11.3 Å². The quantitative estimate of drug-likeness (QED) is 0.636. The van der Waals surface area contributed by atoms with Gasteiger partial charge in [0.2, 0.25) is 0 Å². The van der Waals surface area contributed by atoms with E-state index >= 15 is 0 Å². The van der Waals surface area contributed by atoms with Gasteiger partial charge in [0.05, 0.1) is 10.6 Å². The monoisotopic (exact) mass is 377 g/mol. The van der Waals surface area contributed by atoms with Crippen molar-refractivity contribution in [2.45, 2.75) is 24.7 Å². The lowest BCUT2D eigenvalue weighted by atomic mass is 9.93. The average Bonchev–Trinajstić information content (AvgIpc) is 3.07. The van der Waals surface area contributed by atoms with Crippen LogP contribution in [0.3, 0.4) is 0 Å². The smallest absolute Gasteiger partial charge is 0.268 e. The van der Waals surface area contributed by atoms with Gasteiger partial charge in [0, 0.05) is 11.3 Å². The number of hydrogen-bond acceptors (Lipinski definition) is 3. The molecule has 0 fully saturated rings. The largest absolute Gasteiger partial charge is 0.289 e. The van der Waals surface area contributed by atoms with Crippen molar-refractivity contribution in [2.75, 3.05) is 0 Å². The number of ketones is 1. The highest BCUT2D eigenvalue weighted by Gasteiger charge is 2.32. The lowest BCUT2D eigenvalue weighted by Crippen LogP contribution is -2.21. The van der Waals surface area contributed by atoms with E-state index in [0.717, 1.165) is 11.1 Å². The minimum Gasteiger partial charge on any atom is -0.289 e. The molecule has 0 amide bonds. The van der Waals surface area contributed by atoms with E-state index < -0.39 is 10.0 Å². The molecule has 4 rings (SSSR count). The van der Waals surface area contributed by atoms with Crippen LogP contribution in [0, 0.1) is 6.92 Å². The van der Waals surface area contributed by atoms with E-state index in [1.165, 1.54) is 3.97 Å². The minimum atomic E-state index is -3.84. The standard InChI is InChI=1S/C22H19NO3S/c1-15-8-11-18(12-9-15)27(25,26)23-20-13-10-16(2)22(24)19(20)14-21(23)17-6-4-3-5-7-17/h3-9,11-12,14H,2,10,13H2,1H3. The van der Waals surface area contributed by atoms with Crippen LogP contribution >= 0.6 is 0 Å². The zero-order chi connectivity index (χ0) is 19.2. The van der Waals surface area contributed by atoms with Crippen LogP contribution in [-0.4, -0.2) is 18.2 Å². The zero-order valence-electron chi connectivity index (χ0n) is 15.0. The lowest BCUT2D eigenvalue weighted by molar-refractivity contribution is 0.102. The molecule has 4 nitrogen and oxygen atoms in total. The van der Waals surface area contributed by atoms with Gasteiger partial charge in [0.25, 0.3) is 10.0 Å². The summed E-state index contributed by atoms with van der Waals surface area (Å²) in [7, 11) is -3.84. The Labute approximate surface area is 158 Å². The van der Waals surface area contributed by atoms with Crippen LogP contribution in [0.2, 0.25) is 0 Å². The van der Waals surface area contributed by atoms with Gasteiger partial charge in [-0.3, -0.25) is 4.79 Å². The first kappa shape index (κ1) is 17.5. The number of hydrogen-bond donors (Lipinski definition) is 0. The van der Waals surface area contributed by atoms with E-state index in [4.69, 9.17) is 0 Å². The summed E-state index contributed by atoms with van der Waals surface area (Å²) in [6, 6.07) is 17.7. The maximum atomic E-state index is 13.5. The lowest BCUT2D eigenvalue weighted by Gasteiger charge is -2.18. The van der Waals surface area contributed by atoms with Gasteiger partial charge in [-0.25, -0.2) is 12.4 Å². The highest BCUT2D eigenvalue weighted by atomic mass is 32.2. The summed E-state index contributed by atoms with van der Waals surface area (Å²) in [5.41, 5.74) is 3.73. The van der Waals surface area contributed by atoms with Gasteiger partial charge in [0.1, 0.15) is 0 Å². The maximum absolute atomic E-state index is 13.5. The highest BCUT2D eigenvalue weighted by Crippen LogP contribution is 2.35. The molecule has 27 heavy (non-hydrogen) atoms. The van der Waals surface area contributed by atoms with Crippen molar-refractivity contribution < 1.29 is 13.2 Å². The van der Waals surface area contributed by atoms with Crippen molar-refractivity contribution in [3.05, 3.63) is 89.6 Å². The minimum absolute atomic E-state index is 0.175. The SMILES string of the molecule is C=C1CCc2c(cc(-c3ccccc3)n2S(=O)(=O)c2ccc(C)cc2)C1=O. The van der Waals surface area contributed by atoms with Crippen LogP contribution in [0.4, 0.5) is 0 Å². The molecule has 1 aliphatic rings. The third-order valence-electron chi connectivity index (χ3n) is 4.91. The first-order valence-electron chi connectivity index (χ1n) is 8.74. The average molecular weight is 377 g/mol. The molecular formula is C22H19NO3S. The number of carbonyl (C=O) groups is 1. The summed E-state index contributed by atoms with van der Waals surface area (Å²) >= 11 is 0. The molecule has 0 N–H and O–H groups in total. The van der Waals surface area contributed by atoms with Crippen LogP contribution in [-0.2, 0) is 16.4 Å². The summed E-state index contributed by atoms with van der Waals surface area (Å²) < 4.78 is 28.3. The number of rotatable bonds is 3. The molecule has 0 atom stereocenters. The maximum Gasteiger partial charge on any atom is 0.268 e. The molecule has 0 unspecified atom stereocenters. The number of allylic oxidation sites excluding steroid dienone is 1. The van der Waals surface area contributed by atoms with E-state index in [9.17, 15) is 13.2 Å². The highest BCUT2D eigenvalue weighted by molar-refractivity contribution is 7.90. The summed E-state index contributed by atoms with van der Waals surface area (Å²) in [4.78, 5) is 12.8. The molecule has 0 spiro atoms. The number of nitrogens with zero attached hydrogens (tertiary/aromatic N) is 1. The van der Waals surface area contributed by atoms with E-state index in [1.807, 2.05) is 37.3 Å². The molecule has 0 saturated heterocycles. The van der Waals surface area contributed by atoms with Gasteiger partial charge >= 0.3 is 0 Å². The van der Waals surface area contributed by atoms with Gasteiger partial charge in [0.15, 0.2) is 5.78 Å². The predicted octanol–water partition coefficient (Wildman–Crippen LogP) is 4.39. The second-order valence-electron chi connectivity index (χ2n) is 6.77. The Bertz CT molecular complexity index is 1150. The number of fused-ring (bicyclic) bond motifs is 1. The van der Waals surface area contributed by atoms with E-state index in [1.54, 1.807) is 30.3 Å². The fourth-order valence-electron chi connectivity index (χ4n) is 3.44. The van der Waals surface area contributed by atoms with E-state index in [-0.39, 0.29) is 10.7 Å². The van der Waals surface area contributed by atoms with Crippen molar-refractivity contribution >= 4 is 15.8 Å². The van der Waals surface area contributed by atoms with Crippen molar-refractivity contribution in [1.82, 2.24) is 3.97 Å². The van der Waals surface area contributed by atoms with Crippen LogP contribution in [0.5, 0.6) is 0 Å². The second-order valence-corrected chi connectivity index (χ2v) is 8.56. The number of benzene rings is 2. The zero-order valence-corrected chi connectivity index (χ0v) is 15.8. The van der Waals surface area contributed by atoms with E-state index in [2.05, 4.69) is 6.58 Å². The topological polar surface area (TPSA) is 56.1 Å². The third kappa shape index (κ3) is 2.84. The van der Waals surface area contributed by atoms with Gasteiger partial charge in [-0.1, -0.05) is 54.6 Å². The molecule has 0 aliphatic heterocycles. The molecule has 1 heterocycles. The molecule has 1 aromatic heterocycles. The molecule has 0 saturated carbocycles. The molecule has 0 radical (unpaired) electrons. The molecule has 136 valence electrons. The van der Waals surface area contributed by atoms with Crippen LogP contribution in [0.15, 0.2) is 77.7 Å². The molecular weight excluding hydrogens is 358 g/mol. The summed E-state index contributed by atoms with van der Waals surface area (Å²) in [5, 5.41) is 0. The van der Waals surface area contributed by atoms with Gasteiger partial charge in [-0.2, -0.15) is 0 Å². The molecule has 0 bridgehead atoms. The Morgan fingerprint density at radius 2 is 1.63 bits per heavy atom. The molecule has 2 aromatic carbocycles. The Morgan fingerprint density at radius 3 is 2.30 bits per heavy atom. The number of carbonyl (C=O) groups excluding carboxylic acids is 1. The van der Waals surface area contributed by atoms with Crippen molar-refractivity contribution in [1.29, 1.82) is 0 Å². The van der Waals surface area contributed by atoms with Crippen LogP contribution in [0.25, 0.3) is 11.3 Å². The molecule has 3 aromatic rings. The normalized spacial score (nSPS) is 14.3. The molecule has 5 heteroatoms. The number of Topliss-reactive ketones (excluding diaryl/α,β-unsaturated/α-hetero) is 1. The van der Waals surface area contributed by atoms with Crippen LogP contribution < -0.4 is 0 Å². The van der Waals surface area contributed by atoms with Gasteiger partial charge in [-0.05, 0) is 49.1 Å².